The molecule has 0 bridgehead atoms. The summed E-state index contributed by atoms with van der Waals surface area (Å²) in [6, 6.07) is 0. The molecular formula is C10H18N4O2S. The average Bonchev–Trinajstić information content (AvgIpc) is 2.63. The Balaban J connectivity index is 2.08. The van der Waals surface area contributed by atoms with Gasteiger partial charge in [0.05, 0.1) is 11.9 Å². The monoisotopic (exact) mass is 258 g/mol. The lowest BCUT2D eigenvalue weighted by Gasteiger charge is -2.29. The van der Waals surface area contributed by atoms with Gasteiger partial charge >= 0.3 is 10.2 Å². The molecule has 1 atom stereocenters. The number of hydrogen-bond acceptors (Lipinski definition) is 3. The van der Waals surface area contributed by atoms with Crippen LogP contribution in [-0.2, 0) is 17.3 Å². The van der Waals surface area contributed by atoms with Crippen LogP contribution in [0.25, 0.3) is 0 Å². The molecule has 7 heteroatoms. The van der Waals surface area contributed by atoms with Gasteiger partial charge in [-0.3, -0.25) is 9.40 Å². The average molecular weight is 258 g/mol. The molecule has 6 nitrogen and oxygen atoms in total. The normalized spacial score (nSPS) is 22.6. The van der Waals surface area contributed by atoms with E-state index in [1.807, 2.05) is 0 Å². The summed E-state index contributed by atoms with van der Waals surface area (Å²) in [5.74, 6) is 0.425. The van der Waals surface area contributed by atoms with Crippen LogP contribution < -0.4 is 4.72 Å². The third kappa shape index (κ3) is 2.98. The number of piperidine rings is 1. The molecule has 1 aromatic rings. The lowest BCUT2D eigenvalue weighted by molar-refractivity contribution is 0.282. The van der Waals surface area contributed by atoms with E-state index < -0.39 is 10.2 Å². The first-order chi connectivity index (χ1) is 7.97. The molecular weight excluding hydrogens is 240 g/mol. The van der Waals surface area contributed by atoms with Crippen molar-refractivity contribution in [3.8, 4) is 0 Å². The second-order valence-electron chi connectivity index (χ2n) is 4.62. The van der Waals surface area contributed by atoms with Crippen LogP contribution in [0.4, 0.5) is 5.69 Å². The van der Waals surface area contributed by atoms with Gasteiger partial charge in [0, 0.05) is 26.3 Å². The van der Waals surface area contributed by atoms with Gasteiger partial charge in [-0.25, -0.2) is 0 Å². The second-order valence-corrected chi connectivity index (χ2v) is 6.29. The van der Waals surface area contributed by atoms with E-state index in [0.29, 0.717) is 24.7 Å². The molecule has 0 spiro atoms. The van der Waals surface area contributed by atoms with Crippen LogP contribution in [0, 0.1) is 5.92 Å². The highest BCUT2D eigenvalue weighted by molar-refractivity contribution is 7.90. The van der Waals surface area contributed by atoms with Crippen molar-refractivity contribution in [2.45, 2.75) is 19.8 Å². The number of rotatable bonds is 3. The summed E-state index contributed by atoms with van der Waals surface area (Å²) in [7, 11) is -1.68. The summed E-state index contributed by atoms with van der Waals surface area (Å²) in [6.07, 6.45) is 5.17. The Morgan fingerprint density at radius 3 is 2.88 bits per heavy atom. The fraction of sp³-hybridized carbons (Fsp3) is 0.700. The first kappa shape index (κ1) is 12.4. The molecule has 0 saturated carbocycles. The Hall–Kier alpha value is -1.08. The van der Waals surface area contributed by atoms with Gasteiger partial charge in [0.15, 0.2) is 0 Å². The minimum atomic E-state index is -3.43. The molecule has 1 aliphatic heterocycles. The molecule has 0 amide bonds. The molecule has 0 aliphatic carbocycles. The minimum Gasteiger partial charge on any atom is -0.274 e. The number of aryl methyl sites for hydroxylation is 1. The topological polar surface area (TPSA) is 67.2 Å². The molecule has 17 heavy (non-hydrogen) atoms. The predicted octanol–water partition coefficient (Wildman–Crippen LogP) is 0.809. The third-order valence-electron chi connectivity index (χ3n) is 2.91. The zero-order chi connectivity index (χ0) is 12.5. The van der Waals surface area contributed by atoms with Gasteiger partial charge in [-0.15, -0.1) is 0 Å². The van der Waals surface area contributed by atoms with Crippen molar-refractivity contribution in [1.29, 1.82) is 0 Å². The van der Waals surface area contributed by atoms with Crippen LogP contribution in [0.1, 0.15) is 19.8 Å². The first-order valence-corrected chi connectivity index (χ1v) is 7.18. The standard InChI is InChI=1S/C10H18N4O2S/c1-9-4-3-5-14(7-9)17(15,16)12-10-6-11-13(2)8-10/h6,8-9,12H,3-5,7H2,1-2H3. The molecule has 1 N–H and O–H groups in total. The van der Waals surface area contributed by atoms with Gasteiger partial charge in [-0.1, -0.05) is 6.92 Å². The zero-order valence-electron chi connectivity index (χ0n) is 10.1. The Morgan fingerprint density at radius 2 is 2.29 bits per heavy atom. The van der Waals surface area contributed by atoms with Crippen molar-refractivity contribution in [3.05, 3.63) is 12.4 Å². The SMILES string of the molecule is CC1CCCN(S(=O)(=O)Nc2cnn(C)c2)C1. The van der Waals surface area contributed by atoms with Crippen LogP contribution in [0.5, 0.6) is 0 Å². The molecule has 96 valence electrons. The van der Waals surface area contributed by atoms with Crippen molar-refractivity contribution in [1.82, 2.24) is 14.1 Å². The predicted molar refractivity (Wildman–Crippen MR) is 65.7 cm³/mol. The van der Waals surface area contributed by atoms with Crippen molar-refractivity contribution in [2.75, 3.05) is 17.8 Å². The largest absolute Gasteiger partial charge is 0.301 e. The molecule has 1 fully saturated rings. The van der Waals surface area contributed by atoms with E-state index in [2.05, 4.69) is 16.7 Å². The highest BCUT2D eigenvalue weighted by Crippen LogP contribution is 2.19. The Bertz CT molecular complexity index is 482. The van der Waals surface area contributed by atoms with Gasteiger partial charge in [0.25, 0.3) is 0 Å². The van der Waals surface area contributed by atoms with Crippen LogP contribution >= 0.6 is 0 Å². The van der Waals surface area contributed by atoms with Gasteiger partial charge < -0.3 is 0 Å². The van der Waals surface area contributed by atoms with Gasteiger partial charge in [0.2, 0.25) is 0 Å². The van der Waals surface area contributed by atoms with Gasteiger partial charge in [-0.05, 0) is 18.8 Å². The Kier molecular flexibility index (Phi) is 3.39. The minimum absolute atomic E-state index is 0.425. The summed E-state index contributed by atoms with van der Waals surface area (Å²) in [5.41, 5.74) is 0.505. The van der Waals surface area contributed by atoms with Crippen LogP contribution in [0.3, 0.4) is 0 Å². The lowest BCUT2D eigenvalue weighted by Crippen LogP contribution is -2.42. The molecule has 1 saturated heterocycles. The van der Waals surface area contributed by atoms with E-state index in [1.54, 1.807) is 17.9 Å². The van der Waals surface area contributed by atoms with Gasteiger partial charge in [-0.2, -0.15) is 17.8 Å². The number of nitrogens with one attached hydrogen (secondary N) is 1. The fourth-order valence-corrected chi connectivity index (χ4v) is 3.40. The first-order valence-electron chi connectivity index (χ1n) is 5.74. The highest BCUT2D eigenvalue weighted by atomic mass is 32.2. The van der Waals surface area contributed by atoms with Crippen LogP contribution in [0.15, 0.2) is 12.4 Å². The Labute approximate surface area is 102 Å². The summed E-state index contributed by atoms with van der Waals surface area (Å²) in [5, 5.41) is 3.93. The lowest BCUT2D eigenvalue weighted by atomic mass is 10.0. The van der Waals surface area contributed by atoms with Crippen LogP contribution in [-0.4, -0.2) is 35.6 Å². The Morgan fingerprint density at radius 1 is 1.53 bits per heavy atom. The van der Waals surface area contributed by atoms with Crippen molar-refractivity contribution in [3.63, 3.8) is 0 Å². The van der Waals surface area contributed by atoms with Crippen molar-refractivity contribution >= 4 is 15.9 Å². The smallest absolute Gasteiger partial charge is 0.274 e. The number of anilines is 1. The maximum absolute atomic E-state index is 12.1. The molecule has 2 rings (SSSR count). The third-order valence-corrected chi connectivity index (χ3v) is 4.42. The maximum atomic E-state index is 12.1. The maximum Gasteiger partial charge on any atom is 0.301 e. The molecule has 1 unspecified atom stereocenters. The summed E-state index contributed by atoms with van der Waals surface area (Å²) in [6.45, 7) is 3.27. The highest BCUT2D eigenvalue weighted by Gasteiger charge is 2.27. The molecule has 1 aliphatic rings. The van der Waals surface area contributed by atoms with E-state index in [9.17, 15) is 8.42 Å². The van der Waals surface area contributed by atoms with E-state index in [1.165, 1.54) is 10.5 Å². The number of aromatic nitrogens is 2. The van der Waals surface area contributed by atoms with E-state index in [-0.39, 0.29) is 0 Å². The van der Waals surface area contributed by atoms with Crippen LogP contribution in [0.2, 0.25) is 0 Å². The second kappa shape index (κ2) is 4.66. The summed E-state index contributed by atoms with van der Waals surface area (Å²) >= 11 is 0. The molecule has 1 aromatic heterocycles. The molecule has 0 radical (unpaired) electrons. The quantitative estimate of drug-likeness (QED) is 0.872. The summed E-state index contributed by atoms with van der Waals surface area (Å²) in [4.78, 5) is 0. The molecule has 2 heterocycles. The number of hydrogen-bond donors (Lipinski definition) is 1. The summed E-state index contributed by atoms with van der Waals surface area (Å²) < 4.78 is 29.8. The number of nitrogens with zero attached hydrogens (tertiary/aromatic N) is 3. The van der Waals surface area contributed by atoms with Crippen molar-refractivity contribution in [2.24, 2.45) is 13.0 Å². The molecule has 0 aromatic carbocycles. The van der Waals surface area contributed by atoms with E-state index >= 15 is 0 Å². The van der Waals surface area contributed by atoms with Crippen molar-refractivity contribution < 1.29 is 8.42 Å². The van der Waals surface area contributed by atoms with Gasteiger partial charge in [0.1, 0.15) is 0 Å². The van der Waals surface area contributed by atoms with E-state index in [0.717, 1.165) is 12.8 Å². The fourth-order valence-electron chi connectivity index (χ4n) is 2.05. The zero-order valence-corrected chi connectivity index (χ0v) is 10.9. The van der Waals surface area contributed by atoms with E-state index in [4.69, 9.17) is 0 Å².